The first-order valence-electron chi connectivity index (χ1n) is 13.9. The highest BCUT2D eigenvalue weighted by molar-refractivity contribution is 7.89. The number of amidine groups is 1. The van der Waals surface area contributed by atoms with E-state index in [9.17, 15) is 18.0 Å². The first-order valence-corrected chi connectivity index (χ1v) is 16.2. The van der Waals surface area contributed by atoms with Crippen LogP contribution in [0.15, 0.2) is 34.3 Å². The molecule has 232 valence electrons. The van der Waals surface area contributed by atoms with Gasteiger partial charge in [-0.25, -0.2) is 18.2 Å². The zero-order chi connectivity index (χ0) is 31.0. The van der Waals surface area contributed by atoms with Gasteiger partial charge >= 0.3 is 6.09 Å². The van der Waals surface area contributed by atoms with Crippen LogP contribution < -0.4 is 11.1 Å². The highest BCUT2D eigenvalue weighted by Gasteiger charge is 2.38. The molecule has 3 aromatic heterocycles. The van der Waals surface area contributed by atoms with Crippen molar-refractivity contribution in [3.63, 3.8) is 0 Å². The summed E-state index contributed by atoms with van der Waals surface area (Å²) in [7, 11) is -2.78. The van der Waals surface area contributed by atoms with Crippen LogP contribution in [0.25, 0.3) is 10.9 Å². The Labute approximate surface area is 256 Å². The number of nitrogens with one attached hydrogen (secondary N) is 3. The van der Waals surface area contributed by atoms with Gasteiger partial charge in [-0.3, -0.25) is 4.79 Å². The van der Waals surface area contributed by atoms with E-state index in [0.717, 1.165) is 17.0 Å². The number of tetrazole rings is 1. The number of H-pyrrole nitrogens is 2. The Kier molecular flexibility index (Phi) is 8.14. The normalized spacial score (nSPS) is 19.7. The van der Waals surface area contributed by atoms with Gasteiger partial charge in [0.05, 0.1) is 12.8 Å². The molecule has 2 atom stereocenters. The summed E-state index contributed by atoms with van der Waals surface area (Å²) in [6, 6.07) is 6.32. The average molecular weight is 642 g/mol. The lowest BCUT2D eigenvalue weighted by molar-refractivity contribution is 0.0549. The first kappa shape index (κ1) is 29.8. The fourth-order valence-corrected chi connectivity index (χ4v) is 7.89. The largest absolute Gasteiger partial charge is 0.451 e. The van der Waals surface area contributed by atoms with E-state index in [1.807, 2.05) is 0 Å². The topological polar surface area (TPSA) is 218 Å². The molecule has 2 unspecified atom stereocenters. The maximum Gasteiger partial charge on any atom is 0.435 e. The van der Waals surface area contributed by atoms with E-state index in [4.69, 9.17) is 5.73 Å². The maximum absolute atomic E-state index is 13.9. The first-order chi connectivity index (χ1) is 21.1. The number of piperazine rings is 1. The molecule has 1 fully saturated rings. The van der Waals surface area contributed by atoms with E-state index in [1.165, 1.54) is 22.8 Å². The van der Waals surface area contributed by atoms with Gasteiger partial charge in [-0.05, 0) is 25.5 Å². The lowest BCUT2D eigenvalue weighted by atomic mass is 10.1. The predicted molar refractivity (Wildman–Crippen MR) is 160 cm³/mol. The van der Waals surface area contributed by atoms with Gasteiger partial charge in [-0.1, -0.05) is 17.3 Å². The molecule has 1 saturated heterocycles. The van der Waals surface area contributed by atoms with E-state index in [2.05, 4.69) is 52.6 Å². The van der Waals surface area contributed by atoms with Crippen LogP contribution in [0.4, 0.5) is 4.79 Å². The Morgan fingerprint density at radius 1 is 1.25 bits per heavy atom. The van der Waals surface area contributed by atoms with Gasteiger partial charge < -0.3 is 25.7 Å². The standard InChI is InChI=1S/C26H31N11O5S2/c1-14-9-19-20(12-28-14)43-24(30-19)25(38)37-8-7-36(13-17(37)5-6-21-32-34-35-33-21)44(40,41)22-11-15-3-4-16(10-18(15)29-22)23(27)31-26(39)42-2/h3-4,10-11,14,17,28-29H,5-9,12-13H2,1-2H3,(H2,27,31,39)(H,32,33,34,35). The van der Waals surface area contributed by atoms with E-state index >= 15 is 0 Å². The number of carbonyl (C=O) groups is 2. The number of fused-ring (bicyclic) bond motifs is 2. The van der Waals surface area contributed by atoms with Crippen LogP contribution in [0, 0.1) is 0 Å². The molecule has 0 aliphatic carbocycles. The van der Waals surface area contributed by atoms with Gasteiger partial charge in [-0.2, -0.15) is 14.5 Å². The average Bonchev–Trinajstić information content (AvgIpc) is 3.78. The van der Waals surface area contributed by atoms with Crippen LogP contribution in [0.3, 0.4) is 0 Å². The van der Waals surface area contributed by atoms with Gasteiger partial charge in [0, 0.05) is 72.4 Å². The van der Waals surface area contributed by atoms with Gasteiger partial charge in [0.15, 0.2) is 10.8 Å². The lowest BCUT2D eigenvalue weighted by Gasteiger charge is -2.40. The fourth-order valence-electron chi connectivity index (χ4n) is 5.41. The second kappa shape index (κ2) is 12.0. The number of amides is 2. The second-order valence-electron chi connectivity index (χ2n) is 10.7. The summed E-state index contributed by atoms with van der Waals surface area (Å²) < 4.78 is 33.7. The summed E-state index contributed by atoms with van der Waals surface area (Å²) in [6.45, 7) is 3.13. The van der Waals surface area contributed by atoms with Crippen LogP contribution in [0.1, 0.15) is 45.1 Å². The molecule has 5 N–H and O–H groups in total. The molecule has 2 aliphatic rings. The van der Waals surface area contributed by atoms with Crippen molar-refractivity contribution in [3.8, 4) is 0 Å². The molecule has 4 aromatic rings. The fraction of sp³-hybridized carbons (Fsp3) is 0.423. The predicted octanol–water partition coefficient (Wildman–Crippen LogP) is 0.792. The Morgan fingerprint density at radius 2 is 2.09 bits per heavy atom. The number of thiazole rings is 1. The minimum absolute atomic E-state index is 0.000888. The van der Waals surface area contributed by atoms with Crippen molar-refractivity contribution in [2.24, 2.45) is 10.7 Å². The minimum atomic E-state index is -3.97. The van der Waals surface area contributed by atoms with Crippen LogP contribution >= 0.6 is 11.3 Å². The Morgan fingerprint density at radius 3 is 2.86 bits per heavy atom. The number of rotatable bonds is 7. The molecule has 2 amide bonds. The number of aryl methyl sites for hydroxylation is 1. The molecule has 16 nitrogen and oxygen atoms in total. The molecular weight excluding hydrogens is 610 g/mol. The number of nitrogens with zero attached hydrogens (tertiary/aromatic N) is 7. The number of benzene rings is 1. The minimum Gasteiger partial charge on any atom is -0.451 e. The summed E-state index contributed by atoms with van der Waals surface area (Å²) >= 11 is 1.39. The number of aliphatic imine (C=N–C) groups is 1. The van der Waals surface area contributed by atoms with Crippen molar-refractivity contribution in [1.82, 2.24) is 45.1 Å². The third kappa shape index (κ3) is 5.92. The Hall–Kier alpha value is -4.26. The molecule has 6 rings (SSSR count). The van der Waals surface area contributed by atoms with Crippen LogP contribution in [-0.4, -0.2) is 105 Å². The van der Waals surface area contributed by atoms with Gasteiger partial charge in [-0.15, -0.1) is 21.5 Å². The molecule has 0 bridgehead atoms. The highest BCUT2D eigenvalue weighted by atomic mass is 32.2. The molecule has 1 aromatic carbocycles. The number of ether oxygens (including phenoxy) is 1. The smallest absolute Gasteiger partial charge is 0.435 e. The summed E-state index contributed by atoms with van der Waals surface area (Å²) in [4.78, 5) is 39.3. The highest BCUT2D eigenvalue weighted by Crippen LogP contribution is 2.29. The van der Waals surface area contributed by atoms with Crippen molar-refractivity contribution < 1.29 is 22.7 Å². The van der Waals surface area contributed by atoms with Crippen molar-refractivity contribution in [2.75, 3.05) is 26.7 Å². The molecule has 2 aliphatic heterocycles. The van der Waals surface area contributed by atoms with E-state index in [-0.39, 0.29) is 42.4 Å². The van der Waals surface area contributed by atoms with Crippen LogP contribution in [0.5, 0.6) is 0 Å². The zero-order valence-electron chi connectivity index (χ0n) is 24.0. The number of methoxy groups -OCH3 is 1. The van der Waals surface area contributed by atoms with Crippen molar-refractivity contribution in [2.45, 2.75) is 49.8 Å². The third-order valence-electron chi connectivity index (χ3n) is 7.77. The molecule has 0 spiro atoms. The van der Waals surface area contributed by atoms with Gasteiger partial charge in [0.25, 0.3) is 15.9 Å². The number of nitrogens with two attached hydrogens (primary N) is 1. The number of carbonyl (C=O) groups excluding carboxylic acids is 2. The molecular formula is C26H31N11O5S2. The lowest BCUT2D eigenvalue weighted by Crippen LogP contribution is -2.56. The Balaban J connectivity index is 1.24. The quantitative estimate of drug-likeness (QED) is 0.163. The number of hydrogen-bond acceptors (Lipinski definition) is 11. The number of aromatic nitrogens is 6. The Bertz CT molecular complexity index is 1830. The number of hydrogen-bond donors (Lipinski definition) is 4. The van der Waals surface area contributed by atoms with E-state index in [0.29, 0.717) is 46.7 Å². The van der Waals surface area contributed by atoms with Crippen molar-refractivity contribution >= 4 is 50.1 Å². The maximum atomic E-state index is 13.9. The summed E-state index contributed by atoms with van der Waals surface area (Å²) in [5, 5.41) is 18.5. The molecule has 44 heavy (non-hydrogen) atoms. The van der Waals surface area contributed by atoms with Crippen LogP contribution in [0.2, 0.25) is 0 Å². The molecule has 0 radical (unpaired) electrons. The van der Waals surface area contributed by atoms with E-state index in [1.54, 1.807) is 29.2 Å². The SMILES string of the molecule is COC(=O)N=C(N)c1ccc2cc(S(=O)(=O)N3CCN(C(=O)c4nc5c(s4)CNC(C)C5)C(CCc4nn[nH]n4)C3)[nH]c2c1. The van der Waals surface area contributed by atoms with Gasteiger partial charge in [0.1, 0.15) is 10.9 Å². The van der Waals surface area contributed by atoms with Crippen molar-refractivity contribution in [1.29, 1.82) is 0 Å². The number of sulfonamides is 1. The third-order valence-corrected chi connectivity index (χ3v) is 10.6. The van der Waals surface area contributed by atoms with Gasteiger partial charge in [0.2, 0.25) is 0 Å². The molecule has 18 heteroatoms. The zero-order valence-corrected chi connectivity index (χ0v) is 25.6. The van der Waals surface area contributed by atoms with E-state index < -0.39 is 22.2 Å². The van der Waals surface area contributed by atoms with Crippen molar-refractivity contribution in [3.05, 3.63) is 51.2 Å². The monoisotopic (exact) mass is 641 g/mol. The van der Waals surface area contributed by atoms with Crippen LogP contribution in [-0.2, 0) is 34.1 Å². The second-order valence-corrected chi connectivity index (χ2v) is 13.6. The summed E-state index contributed by atoms with van der Waals surface area (Å²) in [5.41, 5.74) is 7.79. The summed E-state index contributed by atoms with van der Waals surface area (Å²) in [6.07, 6.45) is 0.738. The number of aromatic amines is 2. The summed E-state index contributed by atoms with van der Waals surface area (Å²) in [5.74, 6) is 0.204. The molecule has 5 heterocycles. The molecule has 0 saturated carbocycles.